The number of halogens is 1. The largest absolute Gasteiger partial charge is 0.497 e. The van der Waals surface area contributed by atoms with Crippen LogP contribution in [0, 0.1) is 6.92 Å². The Balaban J connectivity index is 1.29. The molecule has 0 saturated heterocycles. The number of hydrogen-bond donors (Lipinski definition) is 3. The lowest BCUT2D eigenvalue weighted by atomic mass is 10.2. The molecule has 0 saturated carbocycles. The zero-order chi connectivity index (χ0) is 22.3. The third-order valence-corrected chi connectivity index (χ3v) is 5.11. The Bertz CT molecular complexity index is 1220. The number of nitrogens with one attached hydrogen (secondary N) is 3. The molecule has 3 N–H and O–H groups in total. The van der Waals surface area contributed by atoms with Gasteiger partial charge in [0.2, 0.25) is 5.95 Å². The van der Waals surface area contributed by atoms with Crippen LogP contribution >= 0.6 is 11.6 Å². The van der Waals surface area contributed by atoms with Crippen molar-refractivity contribution in [2.45, 2.75) is 13.3 Å². The van der Waals surface area contributed by atoms with Crippen LogP contribution in [0.2, 0.25) is 5.02 Å². The maximum Gasteiger partial charge on any atom is 0.224 e. The summed E-state index contributed by atoms with van der Waals surface area (Å²) in [5, 5.41) is 11.8. The number of aromatic nitrogens is 3. The molecule has 7 nitrogen and oxygen atoms in total. The summed E-state index contributed by atoms with van der Waals surface area (Å²) in [5.74, 6) is 2.10. The van der Waals surface area contributed by atoms with Crippen molar-refractivity contribution in [1.29, 1.82) is 0 Å². The van der Waals surface area contributed by atoms with Crippen LogP contribution in [0.3, 0.4) is 0 Å². The van der Waals surface area contributed by atoms with E-state index in [9.17, 15) is 0 Å². The first kappa shape index (κ1) is 21.6. The van der Waals surface area contributed by atoms with Crippen molar-refractivity contribution < 1.29 is 4.74 Å². The van der Waals surface area contributed by atoms with Crippen molar-refractivity contribution >= 4 is 45.6 Å². The van der Waals surface area contributed by atoms with Gasteiger partial charge < -0.3 is 20.7 Å². The summed E-state index contributed by atoms with van der Waals surface area (Å²) < 4.78 is 5.33. The normalized spacial score (nSPS) is 10.7. The number of methoxy groups -OCH3 is 1. The smallest absolute Gasteiger partial charge is 0.224 e. The fourth-order valence-corrected chi connectivity index (χ4v) is 3.55. The van der Waals surface area contributed by atoms with E-state index >= 15 is 0 Å². The zero-order valence-electron chi connectivity index (χ0n) is 18.0. The number of rotatable bonds is 9. The number of aryl methyl sites for hydroxylation is 1. The van der Waals surface area contributed by atoms with E-state index in [4.69, 9.17) is 16.3 Å². The lowest BCUT2D eigenvalue weighted by Crippen LogP contribution is -2.11. The van der Waals surface area contributed by atoms with Crippen LogP contribution < -0.4 is 20.7 Å². The van der Waals surface area contributed by atoms with E-state index in [1.54, 1.807) is 19.5 Å². The van der Waals surface area contributed by atoms with Crippen LogP contribution in [0.15, 0.2) is 60.9 Å². The maximum absolute atomic E-state index is 6.06. The van der Waals surface area contributed by atoms with Gasteiger partial charge in [-0.15, -0.1) is 0 Å². The summed E-state index contributed by atoms with van der Waals surface area (Å²) in [7, 11) is 1.66. The average molecular weight is 449 g/mol. The topological polar surface area (TPSA) is 84.0 Å². The van der Waals surface area contributed by atoms with Gasteiger partial charge in [0, 0.05) is 53.3 Å². The predicted molar refractivity (Wildman–Crippen MR) is 131 cm³/mol. The van der Waals surface area contributed by atoms with E-state index < -0.39 is 0 Å². The molecule has 2 aromatic heterocycles. The van der Waals surface area contributed by atoms with Gasteiger partial charge in [0.25, 0.3) is 0 Å². The monoisotopic (exact) mass is 448 g/mol. The Morgan fingerprint density at radius 3 is 2.66 bits per heavy atom. The molecule has 8 heteroatoms. The van der Waals surface area contributed by atoms with Gasteiger partial charge in [-0.2, -0.15) is 4.98 Å². The molecule has 0 aliphatic carbocycles. The lowest BCUT2D eigenvalue weighted by molar-refractivity contribution is 0.414. The summed E-state index contributed by atoms with van der Waals surface area (Å²) in [6.07, 6.45) is 4.42. The van der Waals surface area contributed by atoms with Gasteiger partial charge in [-0.1, -0.05) is 11.6 Å². The van der Waals surface area contributed by atoms with E-state index in [-0.39, 0.29) is 0 Å². The van der Waals surface area contributed by atoms with Crippen LogP contribution in [0.4, 0.5) is 23.1 Å². The Hall–Kier alpha value is -3.58. The molecular weight excluding hydrogens is 424 g/mol. The van der Waals surface area contributed by atoms with Crippen LogP contribution in [-0.4, -0.2) is 35.2 Å². The first-order chi connectivity index (χ1) is 15.6. The fraction of sp³-hybridized carbons (Fsp3) is 0.208. The van der Waals surface area contributed by atoms with Crippen molar-refractivity contribution in [3.63, 3.8) is 0 Å². The van der Waals surface area contributed by atoms with Gasteiger partial charge in [0.05, 0.1) is 12.6 Å². The highest BCUT2D eigenvalue weighted by atomic mass is 35.5. The summed E-state index contributed by atoms with van der Waals surface area (Å²) >= 11 is 6.06. The molecule has 0 fully saturated rings. The predicted octanol–water partition coefficient (Wildman–Crippen LogP) is 5.65. The number of pyridine rings is 1. The molecular formula is C24H25ClN6O. The van der Waals surface area contributed by atoms with E-state index in [2.05, 4.69) is 30.9 Å². The van der Waals surface area contributed by atoms with Crippen LogP contribution in [0.25, 0.3) is 10.9 Å². The second-order valence-corrected chi connectivity index (χ2v) is 7.79. The van der Waals surface area contributed by atoms with Crippen LogP contribution in [0.5, 0.6) is 5.75 Å². The van der Waals surface area contributed by atoms with Crippen LogP contribution in [-0.2, 0) is 0 Å². The van der Waals surface area contributed by atoms with Crippen molar-refractivity contribution in [3.05, 3.63) is 71.5 Å². The Kier molecular flexibility index (Phi) is 6.87. The zero-order valence-corrected chi connectivity index (χ0v) is 18.8. The van der Waals surface area contributed by atoms with E-state index in [0.717, 1.165) is 58.9 Å². The fourth-order valence-electron chi connectivity index (χ4n) is 3.39. The second kappa shape index (κ2) is 10.2. The van der Waals surface area contributed by atoms with Crippen molar-refractivity contribution in [2.24, 2.45) is 0 Å². The van der Waals surface area contributed by atoms with Gasteiger partial charge >= 0.3 is 0 Å². The Morgan fingerprint density at radius 1 is 0.938 bits per heavy atom. The molecule has 0 amide bonds. The van der Waals surface area contributed by atoms with Gasteiger partial charge in [0.1, 0.15) is 11.6 Å². The molecule has 0 radical (unpaired) electrons. The van der Waals surface area contributed by atoms with Crippen LogP contribution in [0.1, 0.15) is 12.0 Å². The van der Waals surface area contributed by atoms with Gasteiger partial charge in [-0.3, -0.25) is 4.98 Å². The van der Waals surface area contributed by atoms with Crippen molar-refractivity contribution in [2.75, 3.05) is 36.1 Å². The number of hydrogen-bond acceptors (Lipinski definition) is 7. The maximum atomic E-state index is 6.06. The summed E-state index contributed by atoms with van der Waals surface area (Å²) in [6, 6.07) is 15.5. The highest BCUT2D eigenvalue weighted by Gasteiger charge is 2.04. The number of benzene rings is 2. The summed E-state index contributed by atoms with van der Waals surface area (Å²) in [5.41, 5.74) is 3.95. The molecule has 0 unspecified atom stereocenters. The van der Waals surface area contributed by atoms with Crippen molar-refractivity contribution in [3.8, 4) is 5.75 Å². The molecule has 164 valence electrons. The number of nitrogens with zero attached hydrogens (tertiary/aromatic N) is 3. The minimum Gasteiger partial charge on any atom is -0.497 e. The Morgan fingerprint density at radius 2 is 1.78 bits per heavy atom. The standard InChI is InChI=1S/C24H25ClN6O/c1-16-12-18(15-19(13-16)32-2)30-23-7-11-29-24(31-23)28-9-3-8-26-21-6-10-27-22-14-17(25)4-5-20(21)22/h4-7,10-15H,3,8-9H2,1-2H3,(H,26,27)(H2,28,29,30,31). The molecule has 0 bridgehead atoms. The highest BCUT2D eigenvalue weighted by Crippen LogP contribution is 2.25. The van der Waals surface area contributed by atoms with E-state index in [0.29, 0.717) is 11.0 Å². The third kappa shape index (κ3) is 5.56. The minimum atomic E-state index is 0.582. The van der Waals surface area contributed by atoms with Crippen molar-refractivity contribution in [1.82, 2.24) is 15.0 Å². The third-order valence-electron chi connectivity index (χ3n) is 4.87. The summed E-state index contributed by atoms with van der Waals surface area (Å²) in [4.78, 5) is 13.2. The average Bonchev–Trinajstić information content (AvgIpc) is 2.78. The molecule has 0 atom stereocenters. The number of ether oxygens (including phenoxy) is 1. The SMILES string of the molecule is COc1cc(C)cc(Nc2ccnc(NCCCNc3ccnc4cc(Cl)ccc34)n2)c1. The molecule has 0 aliphatic heterocycles. The molecule has 2 aromatic carbocycles. The number of anilines is 4. The molecule has 0 spiro atoms. The quantitative estimate of drug-likeness (QED) is 0.285. The lowest BCUT2D eigenvalue weighted by Gasteiger charge is -2.11. The highest BCUT2D eigenvalue weighted by molar-refractivity contribution is 6.31. The Labute approximate surface area is 192 Å². The molecule has 4 rings (SSSR count). The molecule has 32 heavy (non-hydrogen) atoms. The van der Waals surface area contributed by atoms with Gasteiger partial charge in [-0.25, -0.2) is 4.98 Å². The molecule has 4 aromatic rings. The van der Waals surface area contributed by atoms with E-state index in [1.807, 2.05) is 55.5 Å². The first-order valence-electron chi connectivity index (χ1n) is 10.4. The second-order valence-electron chi connectivity index (χ2n) is 7.36. The minimum absolute atomic E-state index is 0.582. The first-order valence-corrected chi connectivity index (χ1v) is 10.8. The van der Waals surface area contributed by atoms with Gasteiger partial charge in [-0.05, 0) is 61.4 Å². The molecule has 2 heterocycles. The van der Waals surface area contributed by atoms with Gasteiger partial charge in [0.15, 0.2) is 0 Å². The molecule has 0 aliphatic rings. The summed E-state index contributed by atoms with van der Waals surface area (Å²) in [6.45, 7) is 3.57. The number of fused-ring (bicyclic) bond motifs is 1. The van der Waals surface area contributed by atoms with E-state index in [1.165, 1.54) is 0 Å².